The van der Waals surface area contributed by atoms with Crippen molar-refractivity contribution in [2.75, 3.05) is 17.2 Å². The fourth-order valence-corrected chi connectivity index (χ4v) is 3.44. The minimum Gasteiger partial charge on any atom is -0.370 e. The number of carbonyl (C=O) groups is 1. The van der Waals surface area contributed by atoms with Gasteiger partial charge in [0, 0.05) is 37.7 Å². The molecule has 4 heterocycles. The molecule has 5 rings (SSSR count). The van der Waals surface area contributed by atoms with Crippen molar-refractivity contribution in [3.05, 3.63) is 72.8 Å². The van der Waals surface area contributed by atoms with Crippen molar-refractivity contribution in [1.29, 1.82) is 0 Å². The lowest BCUT2D eigenvalue weighted by atomic mass is 10.1. The van der Waals surface area contributed by atoms with Crippen LogP contribution in [0.25, 0.3) is 22.6 Å². The zero-order valence-corrected chi connectivity index (χ0v) is 17.7. The molecular weight excluding hydrogens is 402 g/mol. The molecule has 160 valence electrons. The van der Waals surface area contributed by atoms with Gasteiger partial charge >= 0.3 is 0 Å². The number of hydrogen-bond acceptors (Lipinski definition) is 6. The molecule has 0 atom stereocenters. The first-order valence-electron chi connectivity index (χ1n) is 10.6. The van der Waals surface area contributed by atoms with E-state index in [0.717, 1.165) is 23.8 Å². The zero-order valence-electron chi connectivity index (χ0n) is 17.7. The SMILES string of the molecule is Cn1cc(NC(=O)c2cccc(-c3ccnc(NCC4CC4)c3)n2)c(-c2ccccn2)n1. The molecule has 8 nitrogen and oxygen atoms in total. The lowest BCUT2D eigenvalue weighted by molar-refractivity contribution is 0.102. The van der Waals surface area contributed by atoms with Crippen LogP contribution < -0.4 is 10.6 Å². The highest BCUT2D eigenvalue weighted by molar-refractivity contribution is 6.04. The normalized spacial score (nSPS) is 13.0. The summed E-state index contributed by atoms with van der Waals surface area (Å²) in [6.45, 7) is 0.941. The average molecular weight is 425 g/mol. The van der Waals surface area contributed by atoms with Crippen molar-refractivity contribution in [2.45, 2.75) is 12.8 Å². The molecule has 0 radical (unpaired) electrons. The number of nitrogens with one attached hydrogen (secondary N) is 2. The predicted octanol–water partition coefficient (Wildman–Crippen LogP) is 4.01. The summed E-state index contributed by atoms with van der Waals surface area (Å²) in [6, 6.07) is 14.9. The molecule has 4 aromatic rings. The van der Waals surface area contributed by atoms with Gasteiger partial charge in [-0.1, -0.05) is 12.1 Å². The first kappa shape index (κ1) is 19.9. The van der Waals surface area contributed by atoms with Crippen molar-refractivity contribution in [1.82, 2.24) is 24.7 Å². The Balaban J connectivity index is 1.36. The first-order valence-corrected chi connectivity index (χ1v) is 10.6. The van der Waals surface area contributed by atoms with Gasteiger partial charge in [0.15, 0.2) is 0 Å². The van der Waals surface area contributed by atoms with Crippen LogP contribution in [0.1, 0.15) is 23.3 Å². The van der Waals surface area contributed by atoms with Crippen LogP contribution in [0.5, 0.6) is 0 Å². The highest BCUT2D eigenvalue weighted by Gasteiger charge is 2.21. The van der Waals surface area contributed by atoms with Crippen LogP contribution in [0.3, 0.4) is 0 Å². The number of pyridine rings is 3. The smallest absolute Gasteiger partial charge is 0.274 e. The van der Waals surface area contributed by atoms with E-state index in [2.05, 4.69) is 30.7 Å². The van der Waals surface area contributed by atoms with Gasteiger partial charge in [-0.25, -0.2) is 9.97 Å². The maximum atomic E-state index is 13.0. The van der Waals surface area contributed by atoms with E-state index >= 15 is 0 Å². The monoisotopic (exact) mass is 425 g/mol. The number of anilines is 2. The second-order valence-corrected chi connectivity index (χ2v) is 7.90. The summed E-state index contributed by atoms with van der Waals surface area (Å²) in [4.78, 5) is 26.3. The Kier molecular flexibility index (Phi) is 5.33. The largest absolute Gasteiger partial charge is 0.370 e. The maximum Gasteiger partial charge on any atom is 0.274 e. The molecule has 1 saturated carbocycles. The van der Waals surface area contributed by atoms with Crippen molar-refractivity contribution in [3.63, 3.8) is 0 Å². The van der Waals surface area contributed by atoms with Crippen molar-refractivity contribution < 1.29 is 4.79 Å². The summed E-state index contributed by atoms with van der Waals surface area (Å²) in [7, 11) is 1.80. The van der Waals surface area contributed by atoms with Gasteiger partial charge in [-0.3, -0.25) is 14.5 Å². The Morgan fingerprint density at radius 2 is 1.94 bits per heavy atom. The number of amides is 1. The highest BCUT2D eigenvalue weighted by atomic mass is 16.1. The summed E-state index contributed by atoms with van der Waals surface area (Å²) >= 11 is 0. The van der Waals surface area contributed by atoms with E-state index in [4.69, 9.17) is 0 Å². The van der Waals surface area contributed by atoms with Gasteiger partial charge in [-0.2, -0.15) is 5.10 Å². The molecule has 0 bridgehead atoms. The van der Waals surface area contributed by atoms with Crippen molar-refractivity contribution in [2.24, 2.45) is 13.0 Å². The number of hydrogen-bond donors (Lipinski definition) is 2. The average Bonchev–Trinajstić information content (AvgIpc) is 3.59. The third-order valence-corrected chi connectivity index (χ3v) is 5.29. The van der Waals surface area contributed by atoms with Crippen molar-refractivity contribution >= 4 is 17.4 Å². The quantitative estimate of drug-likeness (QED) is 0.464. The Hall–Kier alpha value is -4.07. The lowest BCUT2D eigenvalue weighted by Crippen LogP contribution is -2.14. The van der Waals surface area contributed by atoms with Gasteiger partial charge in [0.1, 0.15) is 17.2 Å². The molecule has 8 heteroatoms. The number of carbonyl (C=O) groups excluding carboxylic acids is 1. The van der Waals surface area contributed by atoms with Crippen LogP contribution >= 0.6 is 0 Å². The molecule has 0 aliphatic heterocycles. The molecule has 0 saturated heterocycles. The van der Waals surface area contributed by atoms with Gasteiger partial charge in [0.05, 0.1) is 17.1 Å². The molecule has 0 unspecified atom stereocenters. The van der Waals surface area contributed by atoms with E-state index in [1.165, 1.54) is 12.8 Å². The van der Waals surface area contributed by atoms with Crippen LogP contribution in [0.2, 0.25) is 0 Å². The number of aromatic nitrogens is 5. The Morgan fingerprint density at radius 3 is 2.75 bits per heavy atom. The number of nitrogens with zero attached hydrogens (tertiary/aromatic N) is 5. The molecular formula is C24H23N7O. The summed E-state index contributed by atoms with van der Waals surface area (Å²) < 4.78 is 1.65. The minimum atomic E-state index is -0.307. The molecule has 1 fully saturated rings. The Bertz CT molecular complexity index is 1250. The molecule has 4 aromatic heterocycles. The third-order valence-electron chi connectivity index (χ3n) is 5.29. The molecule has 0 spiro atoms. The Morgan fingerprint density at radius 1 is 1.06 bits per heavy atom. The standard InChI is InChI=1S/C24H23N7O/c1-31-15-21(23(30-31)19-5-2-3-11-25-19)29-24(32)20-7-4-6-18(28-20)17-10-12-26-22(13-17)27-14-16-8-9-16/h2-7,10-13,15-16H,8-9,14H2,1H3,(H,26,27)(H,29,32). The topological polar surface area (TPSA) is 97.6 Å². The zero-order chi connectivity index (χ0) is 21.9. The van der Waals surface area contributed by atoms with Crippen LogP contribution in [0.15, 0.2) is 67.1 Å². The van der Waals surface area contributed by atoms with Gasteiger partial charge in [0.25, 0.3) is 5.91 Å². The Labute approximate surface area is 185 Å². The summed E-state index contributed by atoms with van der Waals surface area (Å²) in [5.74, 6) is 1.27. The van der Waals surface area contributed by atoms with E-state index in [9.17, 15) is 4.79 Å². The molecule has 2 N–H and O–H groups in total. The summed E-state index contributed by atoms with van der Waals surface area (Å²) in [5, 5.41) is 10.7. The maximum absolute atomic E-state index is 13.0. The molecule has 32 heavy (non-hydrogen) atoms. The van der Waals surface area contributed by atoms with E-state index in [1.807, 2.05) is 42.5 Å². The van der Waals surface area contributed by atoms with E-state index in [-0.39, 0.29) is 5.91 Å². The summed E-state index contributed by atoms with van der Waals surface area (Å²) in [5.41, 5.74) is 3.82. The molecule has 1 aliphatic rings. The minimum absolute atomic E-state index is 0.307. The van der Waals surface area contributed by atoms with Crippen LogP contribution in [0.4, 0.5) is 11.5 Å². The van der Waals surface area contributed by atoms with E-state index in [0.29, 0.717) is 28.5 Å². The molecule has 1 aliphatic carbocycles. The fraction of sp³-hybridized carbons (Fsp3) is 0.208. The highest BCUT2D eigenvalue weighted by Crippen LogP contribution is 2.29. The number of aryl methyl sites for hydroxylation is 1. The summed E-state index contributed by atoms with van der Waals surface area (Å²) in [6.07, 6.45) is 7.78. The first-order chi connectivity index (χ1) is 15.7. The van der Waals surface area contributed by atoms with Gasteiger partial charge in [-0.05, 0) is 55.2 Å². The van der Waals surface area contributed by atoms with Gasteiger partial charge in [0.2, 0.25) is 0 Å². The van der Waals surface area contributed by atoms with E-state index < -0.39 is 0 Å². The van der Waals surface area contributed by atoms with E-state index in [1.54, 1.807) is 36.4 Å². The second kappa shape index (κ2) is 8.58. The third kappa shape index (κ3) is 4.49. The second-order valence-electron chi connectivity index (χ2n) is 7.90. The van der Waals surface area contributed by atoms with Crippen molar-refractivity contribution in [3.8, 4) is 22.6 Å². The van der Waals surface area contributed by atoms with Crippen LogP contribution in [-0.2, 0) is 7.05 Å². The molecule has 1 amide bonds. The van der Waals surface area contributed by atoms with Gasteiger partial charge in [-0.15, -0.1) is 0 Å². The number of rotatable bonds is 7. The van der Waals surface area contributed by atoms with Crippen LogP contribution in [0, 0.1) is 5.92 Å². The predicted molar refractivity (Wildman–Crippen MR) is 123 cm³/mol. The lowest BCUT2D eigenvalue weighted by Gasteiger charge is -2.08. The fourth-order valence-electron chi connectivity index (χ4n) is 3.44. The van der Waals surface area contributed by atoms with Gasteiger partial charge < -0.3 is 10.6 Å². The molecule has 0 aromatic carbocycles. The van der Waals surface area contributed by atoms with Crippen LogP contribution in [-0.4, -0.2) is 37.2 Å².